The molecule has 0 aromatic heterocycles. The van der Waals surface area contributed by atoms with Crippen LogP contribution in [-0.4, -0.2) is 39.0 Å². The number of benzene rings is 1. The second kappa shape index (κ2) is 8.53. The van der Waals surface area contributed by atoms with Gasteiger partial charge in [0.1, 0.15) is 11.6 Å². The molecule has 0 aliphatic rings. The van der Waals surface area contributed by atoms with E-state index < -0.39 is 28.0 Å². The lowest BCUT2D eigenvalue weighted by Crippen LogP contribution is -2.44. The lowest BCUT2D eigenvalue weighted by Gasteiger charge is -2.22. The Balaban J connectivity index is 2.74. The van der Waals surface area contributed by atoms with Gasteiger partial charge in [-0.3, -0.25) is 4.79 Å². The maximum atomic E-state index is 11.9. The van der Waals surface area contributed by atoms with Gasteiger partial charge in [-0.15, -0.1) is 0 Å². The first-order valence-electron chi connectivity index (χ1n) is 8.09. The monoisotopic (exact) mass is 428 g/mol. The Morgan fingerprint density at radius 3 is 2.08 bits per heavy atom. The number of aliphatic carboxylic acids is 1. The summed E-state index contributed by atoms with van der Waals surface area (Å²) in [4.78, 5) is 35.1. The molecule has 3 N–H and O–H groups in total. The molecule has 144 valence electrons. The van der Waals surface area contributed by atoms with Crippen LogP contribution in [0.4, 0.5) is 10.5 Å². The summed E-state index contributed by atoms with van der Waals surface area (Å²) in [7, 11) is 0. The summed E-state index contributed by atoms with van der Waals surface area (Å²) in [5.74, 6) is -1.35. The molecule has 1 unspecified atom stereocenters. The number of halogens is 1. The van der Waals surface area contributed by atoms with E-state index in [4.69, 9.17) is 4.74 Å². The Labute approximate surface area is 161 Å². The van der Waals surface area contributed by atoms with Crippen molar-refractivity contribution in [2.45, 2.75) is 57.0 Å². The zero-order valence-corrected chi connectivity index (χ0v) is 17.1. The van der Waals surface area contributed by atoms with E-state index in [1.54, 1.807) is 58.9 Å². The van der Waals surface area contributed by atoms with Crippen LogP contribution in [0.25, 0.3) is 0 Å². The van der Waals surface area contributed by atoms with Crippen LogP contribution in [0.5, 0.6) is 0 Å². The maximum absolute atomic E-state index is 11.9. The number of carbonyl (C=O) groups is 3. The summed E-state index contributed by atoms with van der Waals surface area (Å²) in [5, 5.41) is 14.4. The van der Waals surface area contributed by atoms with Crippen molar-refractivity contribution < 1.29 is 24.2 Å². The van der Waals surface area contributed by atoms with Gasteiger partial charge in [-0.05, 0) is 52.3 Å². The molecule has 1 aromatic carbocycles. The summed E-state index contributed by atoms with van der Waals surface area (Å²) in [6.07, 6.45) is -0.694. The van der Waals surface area contributed by atoms with E-state index in [0.29, 0.717) is 11.3 Å². The first-order valence-corrected chi connectivity index (χ1v) is 8.89. The van der Waals surface area contributed by atoms with Crippen molar-refractivity contribution in [1.29, 1.82) is 0 Å². The highest BCUT2D eigenvalue weighted by Gasteiger charge is 2.25. The zero-order valence-electron chi connectivity index (χ0n) is 15.6. The first-order chi connectivity index (χ1) is 11.8. The van der Waals surface area contributed by atoms with Crippen molar-refractivity contribution in [3.8, 4) is 0 Å². The number of amides is 2. The number of alkyl halides is 1. The Bertz CT molecular complexity index is 660. The van der Waals surface area contributed by atoms with Crippen LogP contribution in [-0.2, 0) is 20.7 Å². The van der Waals surface area contributed by atoms with E-state index >= 15 is 0 Å². The Kier molecular flexibility index (Phi) is 7.20. The quantitative estimate of drug-likeness (QED) is 0.602. The van der Waals surface area contributed by atoms with E-state index in [9.17, 15) is 19.5 Å². The van der Waals surface area contributed by atoms with Crippen molar-refractivity contribution in [1.82, 2.24) is 5.32 Å². The van der Waals surface area contributed by atoms with Crippen molar-refractivity contribution in [2.24, 2.45) is 0 Å². The highest BCUT2D eigenvalue weighted by Crippen LogP contribution is 2.19. The van der Waals surface area contributed by atoms with Gasteiger partial charge in [0.15, 0.2) is 0 Å². The van der Waals surface area contributed by atoms with Crippen LogP contribution >= 0.6 is 15.9 Å². The fraction of sp³-hybridized carbons (Fsp3) is 0.500. The predicted molar refractivity (Wildman–Crippen MR) is 103 cm³/mol. The molecule has 0 saturated carbocycles. The average Bonchev–Trinajstić information content (AvgIpc) is 2.45. The van der Waals surface area contributed by atoms with E-state index in [0.717, 1.165) is 0 Å². The topological polar surface area (TPSA) is 105 Å². The van der Waals surface area contributed by atoms with E-state index in [1.807, 2.05) is 0 Å². The summed E-state index contributed by atoms with van der Waals surface area (Å²) >= 11 is 3.28. The van der Waals surface area contributed by atoms with Crippen molar-refractivity contribution in [2.75, 3.05) is 5.32 Å². The smallest absolute Gasteiger partial charge is 0.408 e. The highest BCUT2D eigenvalue weighted by molar-refractivity contribution is 9.10. The molecule has 0 saturated heterocycles. The second-order valence-electron chi connectivity index (χ2n) is 7.36. The summed E-state index contributed by atoms with van der Waals surface area (Å²) in [6, 6.07) is 5.64. The number of anilines is 1. The molecule has 2 amide bonds. The summed E-state index contributed by atoms with van der Waals surface area (Å²) in [6.45, 7) is 8.56. The number of alkyl carbamates (subject to hydrolysis) is 1. The minimum absolute atomic E-state index is 0.0900. The van der Waals surface area contributed by atoms with E-state index in [2.05, 4.69) is 26.6 Å². The standard InChI is InChI=1S/C18H25BrN2O5/c1-17(2,3)26-16(25)21-13(14(22)23)10-11-6-8-12(9-7-11)20-15(24)18(4,5)19/h6-9,13H,10H2,1-5H3,(H,20,24)(H,21,25)(H,22,23). The number of hydrogen-bond donors (Lipinski definition) is 3. The van der Waals surface area contributed by atoms with Gasteiger partial charge >= 0.3 is 12.1 Å². The van der Waals surface area contributed by atoms with E-state index in [-0.39, 0.29) is 12.3 Å². The van der Waals surface area contributed by atoms with Gasteiger partial charge in [-0.2, -0.15) is 0 Å². The fourth-order valence-corrected chi connectivity index (χ4v) is 1.99. The molecule has 0 spiro atoms. The highest BCUT2D eigenvalue weighted by atomic mass is 79.9. The maximum Gasteiger partial charge on any atom is 0.408 e. The number of nitrogens with one attached hydrogen (secondary N) is 2. The van der Waals surface area contributed by atoms with Crippen LogP contribution < -0.4 is 10.6 Å². The van der Waals surface area contributed by atoms with Gasteiger partial charge in [0, 0.05) is 12.1 Å². The van der Waals surface area contributed by atoms with Crippen LogP contribution in [0, 0.1) is 0 Å². The third-order valence-electron chi connectivity index (χ3n) is 3.18. The lowest BCUT2D eigenvalue weighted by molar-refractivity contribution is -0.139. The second-order valence-corrected chi connectivity index (χ2v) is 9.35. The molecule has 1 aromatic rings. The van der Waals surface area contributed by atoms with Gasteiger partial charge in [0.2, 0.25) is 5.91 Å². The van der Waals surface area contributed by atoms with Gasteiger partial charge in [0.25, 0.3) is 0 Å². The minimum atomic E-state index is -1.16. The molecular formula is C18H25BrN2O5. The summed E-state index contributed by atoms with van der Waals surface area (Å²) in [5.41, 5.74) is 0.582. The van der Waals surface area contributed by atoms with Crippen molar-refractivity contribution in [3.63, 3.8) is 0 Å². The van der Waals surface area contributed by atoms with Crippen LogP contribution in [0.15, 0.2) is 24.3 Å². The van der Waals surface area contributed by atoms with Gasteiger partial charge in [0.05, 0.1) is 4.32 Å². The molecular weight excluding hydrogens is 404 g/mol. The number of ether oxygens (including phenoxy) is 1. The van der Waals surface area contributed by atoms with Crippen LogP contribution in [0.3, 0.4) is 0 Å². The predicted octanol–water partition coefficient (Wildman–Crippen LogP) is 3.32. The average molecular weight is 429 g/mol. The van der Waals surface area contributed by atoms with Crippen LogP contribution in [0.1, 0.15) is 40.2 Å². The molecule has 0 bridgehead atoms. The van der Waals surface area contributed by atoms with Gasteiger partial charge in [-0.1, -0.05) is 28.1 Å². The zero-order chi connectivity index (χ0) is 20.1. The number of carboxylic acid groups (broad SMARTS) is 1. The largest absolute Gasteiger partial charge is 0.480 e. The SMILES string of the molecule is CC(C)(C)OC(=O)NC(Cc1ccc(NC(=O)C(C)(C)Br)cc1)C(=O)O. The Morgan fingerprint density at radius 2 is 1.65 bits per heavy atom. The third-order valence-corrected chi connectivity index (χ3v) is 3.54. The number of carbonyl (C=O) groups excluding carboxylic acids is 2. The van der Waals surface area contributed by atoms with Crippen molar-refractivity contribution >= 4 is 39.6 Å². The van der Waals surface area contributed by atoms with Gasteiger partial charge < -0.3 is 20.5 Å². The molecule has 26 heavy (non-hydrogen) atoms. The summed E-state index contributed by atoms with van der Waals surface area (Å²) < 4.78 is 4.39. The van der Waals surface area contributed by atoms with E-state index in [1.165, 1.54) is 0 Å². The first kappa shape index (κ1) is 22.0. The number of hydrogen-bond acceptors (Lipinski definition) is 4. The molecule has 0 radical (unpaired) electrons. The normalized spacial score (nSPS) is 12.8. The van der Waals surface area contributed by atoms with Crippen molar-refractivity contribution in [3.05, 3.63) is 29.8 Å². The molecule has 0 heterocycles. The third kappa shape index (κ3) is 7.86. The Morgan fingerprint density at radius 1 is 1.12 bits per heavy atom. The molecule has 0 fully saturated rings. The minimum Gasteiger partial charge on any atom is -0.480 e. The number of rotatable bonds is 6. The molecule has 0 aliphatic carbocycles. The Hall–Kier alpha value is -2.09. The molecule has 8 heteroatoms. The molecule has 1 rings (SSSR count). The molecule has 0 aliphatic heterocycles. The van der Waals surface area contributed by atoms with Crippen LogP contribution in [0.2, 0.25) is 0 Å². The lowest BCUT2D eigenvalue weighted by atomic mass is 10.1. The number of carboxylic acids is 1. The molecule has 7 nitrogen and oxygen atoms in total. The van der Waals surface area contributed by atoms with Gasteiger partial charge in [-0.25, -0.2) is 9.59 Å². The molecule has 1 atom stereocenters. The fourth-order valence-electron chi connectivity index (χ4n) is 1.89.